The first-order valence-electron chi connectivity index (χ1n) is 6.24. The predicted octanol–water partition coefficient (Wildman–Crippen LogP) is 1.60. The van der Waals surface area contributed by atoms with E-state index in [1.807, 2.05) is 6.92 Å². The van der Waals surface area contributed by atoms with Gasteiger partial charge in [-0.15, -0.1) is 0 Å². The number of rotatable bonds is 9. The van der Waals surface area contributed by atoms with E-state index in [2.05, 4.69) is 17.6 Å². The van der Waals surface area contributed by atoms with E-state index in [4.69, 9.17) is 0 Å². The van der Waals surface area contributed by atoms with Crippen LogP contribution in [0, 0.1) is 0 Å². The maximum absolute atomic E-state index is 11.3. The van der Waals surface area contributed by atoms with Crippen LogP contribution in [0.3, 0.4) is 0 Å². The summed E-state index contributed by atoms with van der Waals surface area (Å²) in [6.45, 7) is 5.57. The molecule has 0 rings (SSSR count). The van der Waals surface area contributed by atoms with Crippen LogP contribution in [-0.4, -0.2) is 24.9 Å². The first kappa shape index (κ1) is 14.9. The highest BCUT2D eigenvalue weighted by Crippen LogP contribution is 1.95. The highest BCUT2D eigenvalue weighted by Gasteiger charge is 2.03. The maximum atomic E-state index is 11.3. The molecular formula is C12H24N2O2. The Morgan fingerprint density at radius 3 is 1.88 bits per heavy atom. The quantitative estimate of drug-likeness (QED) is 0.589. The monoisotopic (exact) mass is 228 g/mol. The minimum Gasteiger partial charge on any atom is -0.356 e. The Hall–Kier alpha value is -1.06. The smallest absolute Gasteiger partial charge is 0.220 e. The molecule has 0 aromatic rings. The first-order chi connectivity index (χ1) is 7.70. The minimum absolute atomic E-state index is 0.0446. The third-order valence-electron chi connectivity index (χ3n) is 2.23. The zero-order chi connectivity index (χ0) is 12.2. The van der Waals surface area contributed by atoms with Crippen molar-refractivity contribution in [2.75, 3.05) is 13.1 Å². The summed E-state index contributed by atoms with van der Waals surface area (Å²) in [6.07, 6.45) is 4.57. The van der Waals surface area contributed by atoms with E-state index in [0.717, 1.165) is 32.4 Å². The van der Waals surface area contributed by atoms with Gasteiger partial charge in [-0.1, -0.05) is 20.3 Å². The van der Waals surface area contributed by atoms with Crippen LogP contribution in [0.2, 0.25) is 0 Å². The van der Waals surface area contributed by atoms with Crippen LogP contribution in [0.4, 0.5) is 0 Å². The number of carbonyl (C=O) groups excluding carboxylic acids is 2. The summed E-state index contributed by atoms with van der Waals surface area (Å²) < 4.78 is 0. The van der Waals surface area contributed by atoms with Gasteiger partial charge in [0.15, 0.2) is 0 Å². The first-order valence-corrected chi connectivity index (χ1v) is 6.24. The lowest BCUT2D eigenvalue weighted by atomic mass is 10.2. The summed E-state index contributed by atoms with van der Waals surface area (Å²) in [5, 5.41) is 5.62. The van der Waals surface area contributed by atoms with Gasteiger partial charge in [-0.3, -0.25) is 9.59 Å². The standard InChI is InChI=1S/C12H24N2O2/c1-3-5-10-14-12(16)8-6-7-11(15)13-9-4-2/h3-10H2,1-2H3,(H,13,15)(H,14,16). The molecule has 16 heavy (non-hydrogen) atoms. The fourth-order valence-electron chi connectivity index (χ4n) is 1.26. The Labute approximate surface area is 98.2 Å². The van der Waals surface area contributed by atoms with Gasteiger partial charge in [-0.05, 0) is 19.3 Å². The second-order valence-corrected chi connectivity index (χ2v) is 3.91. The third-order valence-corrected chi connectivity index (χ3v) is 2.23. The van der Waals surface area contributed by atoms with Crippen LogP contribution in [0.5, 0.6) is 0 Å². The Morgan fingerprint density at radius 1 is 0.812 bits per heavy atom. The lowest BCUT2D eigenvalue weighted by Gasteiger charge is -2.04. The summed E-state index contributed by atoms with van der Waals surface area (Å²) >= 11 is 0. The second-order valence-electron chi connectivity index (χ2n) is 3.91. The number of amides is 2. The largest absolute Gasteiger partial charge is 0.356 e. The molecule has 0 aliphatic carbocycles. The summed E-state index contributed by atoms with van der Waals surface area (Å²) in [7, 11) is 0. The molecule has 0 bridgehead atoms. The Kier molecular flexibility index (Phi) is 9.76. The van der Waals surface area contributed by atoms with Gasteiger partial charge in [0.05, 0.1) is 0 Å². The molecule has 0 fully saturated rings. The van der Waals surface area contributed by atoms with Crippen LogP contribution in [0.25, 0.3) is 0 Å². The molecule has 4 nitrogen and oxygen atoms in total. The topological polar surface area (TPSA) is 58.2 Å². The molecule has 0 saturated carbocycles. The fourth-order valence-corrected chi connectivity index (χ4v) is 1.26. The molecule has 2 amide bonds. The van der Waals surface area contributed by atoms with Crippen molar-refractivity contribution in [3.05, 3.63) is 0 Å². The summed E-state index contributed by atoms with van der Waals surface area (Å²) in [5.41, 5.74) is 0. The number of carbonyl (C=O) groups is 2. The molecule has 0 spiro atoms. The second kappa shape index (κ2) is 10.5. The predicted molar refractivity (Wildman–Crippen MR) is 65.1 cm³/mol. The summed E-state index contributed by atoms with van der Waals surface area (Å²) in [6, 6.07) is 0. The highest BCUT2D eigenvalue weighted by atomic mass is 16.2. The van der Waals surface area contributed by atoms with Crippen molar-refractivity contribution in [1.29, 1.82) is 0 Å². The molecule has 2 N–H and O–H groups in total. The highest BCUT2D eigenvalue weighted by molar-refractivity contribution is 5.78. The van der Waals surface area contributed by atoms with E-state index in [0.29, 0.717) is 19.3 Å². The van der Waals surface area contributed by atoms with Crippen LogP contribution in [-0.2, 0) is 9.59 Å². The average molecular weight is 228 g/mol. The molecule has 0 saturated heterocycles. The van der Waals surface area contributed by atoms with Gasteiger partial charge >= 0.3 is 0 Å². The molecule has 94 valence electrons. The zero-order valence-electron chi connectivity index (χ0n) is 10.5. The summed E-state index contributed by atoms with van der Waals surface area (Å²) in [4.78, 5) is 22.5. The van der Waals surface area contributed by atoms with Crippen molar-refractivity contribution in [3.63, 3.8) is 0 Å². The van der Waals surface area contributed by atoms with Gasteiger partial charge in [-0.25, -0.2) is 0 Å². The molecule has 0 unspecified atom stereocenters. The van der Waals surface area contributed by atoms with E-state index < -0.39 is 0 Å². The van der Waals surface area contributed by atoms with Crippen molar-refractivity contribution >= 4 is 11.8 Å². The molecule has 0 aromatic heterocycles. The van der Waals surface area contributed by atoms with E-state index in [1.54, 1.807) is 0 Å². The maximum Gasteiger partial charge on any atom is 0.220 e. The van der Waals surface area contributed by atoms with Crippen molar-refractivity contribution < 1.29 is 9.59 Å². The Bertz CT molecular complexity index is 205. The lowest BCUT2D eigenvalue weighted by molar-refractivity contribution is -0.122. The van der Waals surface area contributed by atoms with Crippen LogP contribution < -0.4 is 10.6 Å². The summed E-state index contributed by atoms with van der Waals surface area (Å²) in [5.74, 6) is 0.0972. The molecule has 0 aromatic carbocycles. The lowest BCUT2D eigenvalue weighted by Crippen LogP contribution is -2.26. The molecule has 0 atom stereocenters. The number of hydrogen-bond acceptors (Lipinski definition) is 2. The van der Waals surface area contributed by atoms with E-state index in [9.17, 15) is 9.59 Å². The third kappa shape index (κ3) is 9.49. The van der Waals surface area contributed by atoms with Gasteiger partial charge in [-0.2, -0.15) is 0 Å². The van der Waals surface area contributed by atoms with Gasteiger partial charge in [0, 0.05) is 25.9 Å². The van der Waals surface area contributed by atoms with Crippen LogP contribution >= 0.6 is 0 Å². The van der Waals surface area contributed by atoms with Gasteiger partial charge in [0.1, 0.15) is 0 Å². The normalized spacial score (nSPS) is 9.88. The van der Waals surface area contributed by atoms with Crippen LogP contribution in [0.1, 0.15) is 52.4 Å². The van der Waals surface area contributed by atoms with Crippen molar-refractivity contribution in [3.8, 4) is 0 Å². The van der Waals surface area contributed by atoms with Gasteiger partial charge < -0.3 is 10.6 Å². The minimum atomic E-state index is 0.0446. The Balaban J connectivity index is 3.36. The SMILES string of the molecule is CCCCNC(=O)CCCC(=O)NCCC. The molecule has 0 aliphatic rings. The number of unbranched alkanes of at least 4 members (excludes halogenated alkanes) is 1. The molecule has 4 heteroatoms. The van der Waals surface area contributed by atoms with Crippen molar-refractivity contribution in [2.24, 2.45) is 0 Å². The van der Waals surface area contributed by atoms with E-state index in [-0.39, 0.29) is 11.8 Å². The van der Waals surface area contributed by atoms with E-state index in [1.165, 1.54) is 0 Å². The van der Waals surface area contributed by atoms with Crippen molar-refractivity contribution in [1.82, 2.24) is 10.6 Å². The molecule has 0 radical (unpaired) electrons. The molecular weight excluding hydrogens is 204 g/mol. The average Bonchev–Trinajstić information content (AvgIpc) is 2.26. The zero-order valence-corrected chi connectivity index (χ0v) is 10.5. The van der Waals surface area contributed by atoms with Gasteiger partial charge in [0.25, 0.3) is 0 Å². The Morgan fingerprint density at radius 2 is 1.38 bits per heavy atom. The van der Waals surface area contributed by atoms with Crippen LogP contribution in [0.15, 0.2) is 0 Å². The molecule has 0 heterocycles. The van der Waals surface area contributed by atoms with Gasteiger partial charge in [0.2, 0.25) is 11.8 Å². The molecule has 0 aliphatic heterocycles. The van der Waals surface area contributed by atoms with Crippen molar-refractivity contribution in [2.45, 2.75) is 52.4 Å². The van der Waals surface area contributed by atoms with E-state index >= 15 is 0 Å². The number of nitrogens with one attached hydrogen (secondary N) is 2. The number of hydrogen-bond donors (Lipinski definition) is 2. The fraction of sp³-hybridized carbons (Fsp3) is 0.833.